The zero-order valence-corrected chi connectivity index (χ0v) is 18.1. The Hall–Kier alpha value is -2.96. The molecule has 0 aliphatic heterocycles. The Morgan fingerprint density at radius 2 is 1.77 bits per heavy atom. The number of hydrogen-bond donors (Lipinski definition) is 3. The van der Waals surface area contributed by atoms with Gasteiger partial charge in [-0.25, -0.2) is 0 Å². The lowest BCUT2D eigenvalue weighted by Gasteiger charge is -2.20. The van der Waals surface area contributed by atoms with Crippen molar-refractivity contribution in [3.8, 4) is 0 Å². The molecule has 3 rings (SSSR count). The molecule has 0 saturated carbocycles. The molecular formula is C24H28N3O2S+. The first-order valence-electron chi connectivity index (χ1n) is 10.2. The molecule has 2 atom stereocenters. The molecule has 0 aliphatic carbocycles. The van der Waals surface area contributed by atoms with Gasteiger partial charge in [0.05, 0.1) is 4.88 Å². The third-order valence-electron chi connectivity index (χ3n) is 5.06. The Morgan fingerprint density at radius 3 is 2.33 bits per heavy atom. The Labute approximate surface area is 181 Å². The normalized spacial score (nSPS) is 12.9. The van der Waals surface area contributed by atoms with Gasteiger partial charge in [-0.1, -0.05) is 43.7 Å². The summed E-state index contributed by atoms with van der Waals surface area (Å²) in [5.41, 5.74) is 8.83. The van der Waals surface area contributed by atoms with Crippen LogP contribution in [0.1, 0.15) is 52.7 Å². The van der Waals surface area contributed by atoms with Crippen LogP contribution in [0.15, 0.2) is 66.0 Å². The van der Waals surface area contributed by atoms with Crippen LogP contribution in [0.2, 0.25) is 0 Å². The Morgan fingerprint density at radius 1 is 1.07 bits per heavy atom. The molecule has 5 N–H and O–H groups in total. The molecule has 0 radical (unpaired) electrons. The van der Waals surface area contributed by atoms with Crippen molar-refractivity contribution < 1.29 is 14.9 Å². The lowest BCUT2D eigenvalue weighted by atomic mass is 10.0. The summed E-state index contributed by atoms with van der Waals surface area (Å²) in [5.74, 6) is -0.579. The average molecular weight is 423 g/mol. The minimum absolute atomic E-state index is 0.0543. The number of nitrogens with two attached hydrogens (primary N) is 2. The first-order chi connectivity index (χ1) is 14.5. The van der Waals surface area contributed by atoms with E-state index >= 15 is 0 Å². The minimum Gasteiger partial charge on any atom is -0.366 e. The van der Waals surface area contributed by atoms with Crippen LogP contribution < -0.4 is 16.4 Å². The number of primary amides is 1. The number of rotatable bonds is 9. The second kappa shape index (κ2) is 10.2. The summed E-state index contributed by atoms with van der Waals surface area (Å²) >= 11 is 1.70. The highest BCUT2D eigenvalue weighted by Gasteiger charge is 2.25. The fourth-order valence-electron chi connectivity index (χ4n) is 3.37. The summed E-state index contributed by atoms with van der Waals surface area (Å²) < 4.78 is 0. The van der Waals surface area contributed by atoms with Gasteiger partial charge in [-0.3, -0.25) is 9.59 Å². The number of aryl methyl sites for hydroxylation is 1. The van der Waals surface area contributed by atoms with E-state index in [0.717, 1.165) is 12.8 Å². The van der Waals surface area contributed by atoms with Crippen LogP contribution in [-0.4, -0.2) is 17.9 Å². The molecule has 2 amide bonds. The van der Waals surface area contributed by atoms with Crippen molar-refractivity contribution in [2.24, 2.45) is 5.73 Å². The molecule has 0 aliphatic rings. The Bertz CT molecular complexity index is 967. The SMILES string of the molecule is CCCc1ccc([C@H]([NH2+][C@H](C)C(=O)Nc2ccc(C(N)=O)cc2)c2cccs2)cc1. The first kappa shape index (κ1) is 21.7. The second-order valence-electron chi connectivity index (χ2n) is 7.40. The van der Waals surface area contributed by atoms with E-state index in [4.69, 9.17) is 5.73 Å². The number of benzene rings is 2. The van der Waals surface area contributed by atoms with Gasteiger partial charge in [0.25, 0.3) is 5.91 Å². The van der Waals surface area contributed by atoms with Crippen molar-refractivity contribution in [1.29, 1.82) is 0 Å². The molecule has 0 spiro atoms. The van der Waals surface area contributed by atoms with Gasteiger partial charge in [-0.15, -0.1) is 11.3 Å². The number of thiophene rings is 1. The van der Waals surface area contributed by atoms with E-state index in [1.54, 1.807) is 35.6 Å². The van der Waals surface area contributed by atoms with Gasteiger partial charge in [0, 0.05) is 16.8 Å². The highest BCUT2D eigenvalue weighted by Crippen LogP contribution is 2.23. The minimum atomic E-state index is -0.488. The van der Waals surface area contributed by atoms with Crippen LogP contribution in [-0.2, 0) is 11.2 Å². The molecular weight excluding hydrogens is 394 g/mol. The molecule has 3 aromatic rings. The maximum absolute atomic E-state index is 12.8. The van der Waals surface area contributed by atoms with E-state index < -0.39 is 5.91 Å². The molecule has 0 fully saturated rings. The molecule has 1 aromatic heterocycles. The summed E-state index contributed by atoms with van der Waals surface area (Å²) in [5, 5.41) is 7.07. The smallest absolute Gasteiger partial charge is 0.282 e. The summed E-state index contributed by atoms with van der Waals surface area (Å²) in [7, 11) is 0. The molecule has 30 heavy (non-hydrogen) atoms. The number of carbonyl (C=O) groups is 2. The summed E-state index contributed by atoms with van der Waals surface area (Å²) in [4.78, 5) is 25.2. The van der Waals surface area contributed by atoms with E-state index in [9.17, 15) is 9.59 Å². The highest BCUT2D eigenvalue weighted by molar-refractivity contribution is 7.10. The third kappa shape index (κ3) is 5.55. The maximum Gasteiger partial charge on any atom is 0.282 e. The van der Waals surface area contributed by atoms with Crippen LogP contribution in [0.4, 0.5) is 5.69 Å². The number of quaternary nitrogens is 1. The van der Waals surface area contributed by atoms with Crippen molar-refractivity contribution in [3.63, 3.8) is 0 Å². The molecule has 5 nitrogen and oxygen atoms in total. The molecule has 1 heterocycles. The first-order valence-corrected chi connectivity index (χ1v) is 11.0. The molecule has 0 bridgehead atoms. The maximum atomic E-state index is 12.8. The Kier molecular flexibility index (Phi) is 7.38. The van der Waals surface area contributed by atoms with Crippen molar-refractivity contribution in [2.45, 2.75) is 38.8 Å². The van der Waals surface area contributed by atoms with Gasteiger partial charge >= 0.3 is 0 Å². The molecule has 2 aromatic carbocycles. The Balaban J connectivity index is 1.72. The topological polar surface area (TPSA) is 88.8 Å². The fourth-order valence-corrected chi connectivity index (χ4v) is 4.20. The van der Waals surface area contributed by atoms with E-state index in [0.29, 0.717) is 11.3 Å². The van der Waals surface area contributed by atoms with Crippen LogP contribution in [0.3, 0.4) is 0 Å². The number of amides is 2. The lowest BCUT2D eigenvalue weighted by Crippen LogP contribution is -2.92. The number of hydrogen-bond acceptors (Lipinski definition) is 3. The second-order valence-corrected chi connectivity index (χ2v) is 8.38. The van der Waals surface area contributed by atoms with E-state index in [1.807, 2.05) is 13.0 Å². The van der Waals surface area contributed by atoms with Crippen molar-refractivity contribution in [2.75, 3.05) is 5.32 Å². The van der Waals surface area contributed by atoms with E-state index in [-0.39, 0.29) is 18.0 Å². The average Bonchev–Trinajstić information content (AvgIpc) is 3.27. The predicted octanol–water partition coefficient (Wildman–Crippen LogP) is 3.48. The van der Waals surface area contributed by atoms with Crippen molar-refractivity contribution in [3.05, 3.63) is 87.6 Å². The van der Waals surface area contributed by atoms with E-state index in [2.05, 4.69) is 53.3 Å². The highest BCUT2D eigenvalue weighted by atomic mass is 32.1. The summed E-state index contributed by atoms with van der Waals surface area (Å²) in [6.07, 6.45) is 2.19. The third-order valence-corrected chi connectivity index (χ3v) is 6.01. The predicted molar refractivity (Wildman–Crippen MR) is 122 cm³/mol. The van der Waals surface area contributed by atoms with Crippen LogP contribution in [0.25, 0.3) is 0 Å². The molecule has 0 unspecified atom stereocenters. The van der Waals surface area contributed by atoms with E-state index in [1.165, 1.54) is 16.0 Å². The number of anilines is 1. The van der Waals surface area contributed by atoms with Gasteiger partial charge in [-0.05, 0) is 54.6 Å². The standard InChI is InChI=1S/C24H27N3O2S/c1-3-5-17-7-9-18(10-8-17)22(21-6-4-15-30-21)26-16(2)24(29)27-20-13-11-19(12-14-20)23(25)28/h4,6-16,22,26H,3,5H2,1-2H3,(H2,25,28)(H,27,29)/p+1/t16-,22+/m1/s1. The van der Waals surface area contributed by atoms with Gasteiger partial charge < -0.3 is 16.4 Å². The molecule has 0 saturated heterocycles. The number of carbonyl (C=O) groups excluding carboxylic acids is 2. The van der Waals surface area contributed by atoms with Gasteiger partial charge in [0.1, 0.15) is 6.04 Å². The largest absolute Gasteiger partial charge is 0.366 e. The molecule has 156 valence electrons. The van der Waals surface area contributed by atoms with Crippen LogP contribution in [0.5, 0.6) is 0 Å². The molecule has 6 heteroatoms. The van der Waals surface area contributed by atoms with Gasteiger partial charge in [-0.2, -0.15) is 0 Å². The zero-order chi connectivity index (χ0) is 21.5. The van der Waals surface area contributed by atoms with Crippen molar-refractivity contribution >= 4 is 28.8 Å². The lowest BCUT2D eigenvalue weighted by molar-refractivity contribution is -0.703. The van der Waals surface area contributed by atoms with Crippen LogP contribution >= 0.6 is 11.3 Å². The number of nitrogens with one attached hydrogen (secondary N) is 1. The van der Waals surface area contributed by atoms with Gasteiger partial charge in [0.2, 0.25) is 5.91 Å². The van der Waals surface area contributed by atoms with Gasteiger partial charge in [0.15, 0.2) is 6.04 Å². The fraction of sp³-hybridized carbons (Fsp3) is 0.250. The van der Waals surface area contributed by atoms with Crippen LogP contribution in [0, 0.1) is 0 Å². The zero-order valence-electron chi connectivity index (χ0n) is 17.3. The quantitative estimate of drug-likeness (QED) is 0.493. The monoisotopic (exact) mass is 422 g/mol. The van der Waals surface area contributed by atoms with Crippen molar-refractivity contribution in [1.82, 2.24) is 0 Å². The summed E-state index contributed by atoms with van der Waals surface area (Å²) in [6.45, 7) is 4.08. The summed E-state index contributed by atoms with van der Waals surface area (Å²) in [6, 6.07) is 19.2.